The smallest absolute Gasteiger partial charge is 0.340 e. The number of nitrogens with two attached hydrogens (primary N) is 2. The third kappa shape index (κ3) is 5.98. The van der Waals surface area contributed by atoms with Crippen LogP contribution < -0.4 is 21.5 Å². The number of nitrogen functional groups attached to an aromatic ring is 2. The van der Waals surface area contributed by atoms with Crippen LogP contribution in [-0.2, 0) is 19.8 Å². The van der Waals surface area contributed by atoms with Gasteiger partial charge in [-0.2, -0.15) is 0 Å². The quantitative estimate of drug-likeness (QED) is 0.112. The highest BCUT2D eigenvalue weighted by atomic mass is 35.5. The summed E-state index contributed by atoms with van der Waals surface area (Å²) < 4.78 is 23.4. The Morgan fingerprint density at radius 3 is 2.15 bits per heavy atom. The second-order valence-corrected chi connectivity index (χ2v) is 10.4. The van der Waals surface area contributed by atoms with Crippen molar-refractivity contribution < 1.29 is 28.5 Å². The van der Waals surface area contributed by atoms with Gasteiger partial charge in [-0.3, -0.25) is 4.79 Å². The number of unbranched alkanes of at least 4 members (excludes halogenated alkanes) is 3. The number of alkyl halides is 1. The molecule has 5 N–H and O–H groups in total. The minimum atomic E-state index is -1.32. The highest BCUT2D eigenvalue weighted by molar-refractivity contribution is 6.17. The number of hydrogen-bond acceptors (Lipinski definition) is 8. The molecule has 0 bridgehead atoms. The van der Waals surface area contributed by atoms with Crippen LogP contribution in [0.3, 0.4) is 0 Å². The zero-order valence-corrected chi connectivity index (χ0v) is 23.5. The number of fused-ring (bicyclic) bond motifs is 6. The standard InChI is InChI=1S/C31H34ClN3O6/c32-11-3-1-2-4-13-38-15-16-39-14-12-35-29(36)20-5-8-23-26(17-20)31(41-30(23)37)24-9-6-21(33)18-27(24)40-28-19-22(34)7-10-25(28)31/h5-10,17-19H,1-4,11-16,33-34H2,(H,35,36). The van der Waals surface area contributed by atoms with E-state index < -0.39 is 11.6 Å². The summed E-state index contributed by atoms with van der Waals surface area (Å²) in [5.74, 6) is 0.820. The number of ether oxygens (including phenoxy) is 4. The molecule has 0 unspecified atom stereocenters. The Kier molecular flexibility index (Phi) is 8.97. The molecular weight excluding hydrogens is 546 g/mol. The Hall–Kier alpha value is -3.79. The molecule has 3 aromatic rings. The first-order valence-corrected chi connectivity index (χ1v) is 14.3. The van der Waals surface area contributed by atoms with Crippen LogP contribution in [0.1, 0.15) is 63.1 Å². The van der Waals surface area contributed by atoms with Crippen LogP contribution in [0.4, 0.5) is 11.4 Å². The summed E-state index contributed by atoms with van der Waals surface area (Å²) >= 11 is 5.68. The topological polar surface area (TPSA) is 135 Å². The van der Waals surface area contributed by atoms with E-state index in [1.165, 1.54) is 0 Å². The number of carbonyl (C=O) groups excluding carboxylic acids is 2. The highest BCUT2D eigenvalue weighted by Crippen LogP contribution is 2.56. The Morgan fingerprint density at radius 1 is 0.805 bits per heavy atom. The van der Waals surface area contributed by atoms with E-state index in [2.05, 4.69) is 5.32 Å². The van der Waals surface area contributed by atoms with E-state index in [9.17, 15) is 9.59 Å². The first-order chi connectivity index (χ1) is 19.9. The third-order valence-corrected chi connectivity index (χ3v) is 7.46. The fraction of sp³-hybridized carbons (Fsp3) is 0.355. The molecule has 1 amide bonds. The van der Waals surface area contributed by atoms with E-state index in [1.54, 1.807) is 54.6 Å². The lowest BCUT2D eigenvalue weighted by atomic mass is 9.77. The number of halogens is 1. The van der Waals surface area contributed by atoms with Gasteiger partial charge in [-0.05, 0) is 55.3 Å². The van der Waals surface area contributed by atoms with Crippen LogP contribution in [0.25, 0.3) is 0 Å². The molecule has 2 aliphatic heterocycles. The van der Waals surface area contributed by atoms with E-state index in [1.807, 2.05) is 0 Å². The van der Waals surface area contributed by atoms with Crippen molar-refractivity contribution in [2.45, 2.75) is 31.3 Å². The molecule has 5 rings (SSSR count). The molecular formula is C31H34ClN3O6. The molecule has 2 heterocycles. The van der Waals surface area contributed by atoms with Crippen LogP contribution in [0, 0.1) is 0 Å². The predicted molar refractivity (Wildman–Crippen MR) is 157 cm³/mol. The monoisotopic (exact) mass is 579 g/mol. The van der Waals surface area contributed by atoms with Crippen molar-refractivity contribution in [3.8, 4) is 11.5 Å². The van der Waals surface area contributed by atoms with Crippen LogP contribution in [0.15, 0.2) is 54.6 Å². The van der Waals surface area contributed by atoms with Crippen molar-refractivity contribution in [2.75, 3.05) is 50.3 Å². The normalized spacial score (nSPS) is 14.1. The molecule has 0 atom stereocenters. The lowest BCUT2D eigenvalue weighted by molar-refractivity contribution is 0.0224. The predicted octanol–water partition coefficient (Wildman–Crippen LogP) is 4.98. The fourth-order valence-corrected chi connectivity index (χ4v) is 5.40. The number of benzene rings is 3. The second kappa shape index (κ2) is 12.8. The summed E-state index contributed by atoms with van der Waals surface area (Å²) in [5.41, 5.74) is 14.3. The van der Waals surface area contributed by atoms with Crippen LogP contribution in [-0.4, -0.2) is 50.7 Å². The molecule has 0 radical (unpaired) electrons. The Bertz CT molecular complexity index is 1380. The SMILES string of the molecule is Nc1ccc2c(c1)Oc1cc(N)ccc1C21OC(=O)c2ccc(C(=O)NCCOCCOCCCCCCCl)cc21. The summed E-state index contributed by atoms with van der Waals surface area (Å²) in [5, 5.41) is 2.88. The second-order valence-electron chi connectivity index (χ2n) is 10.0. The number of carbonyl (C=O) groups is 2. The van der Waals surface area contributed by atoms with Crippen molar-refractivity contribution in [1.82, 2.24) is 5.32 Å². The number of rotatable bonds is 13. The summed E-state index contributed by atoms with van der Waals surface area (Å²) in [6.45, 7) is 2.34. The highest BCUT2D eigenvalue weighted by Gasteiger charge is 2.53. The third-order valence-electron chi connectivity index (χ3n) is 7.19. The van der Waals surface area contributed by atoms with Gasteiger partial charge in [0.1, 0.15) is 11.5 Å². The molecule has 10 heteroatoms. The fourth-order valence-electron chi connectivity index (χ4n) is 5.21. The summed E-state index contributed by atoms with van der Waals surface area (Å²) in [6, 6.07) is 15.3. The van der Waals surface area contributed by atoms with Gasteiger partial charge < -0.3 is 35.7 Å². The molecule has 216 valence electrons. The molecule has 2 aliphatic rings. The van der Waals surface area contributed by atoms with Gasteiger partial charge >= 0.3 is 5.97 Å². The minimum Gasteiger partial charge on any atom is -0.456 e. The average molecular weight is 580 g/mol. The largest absolute Gasteiger partial charge is 0.456 e. The molecule has 0 saturated carbocycles. The van der Waals surface area contributed by atoms with Crippen LogP contribution in [0.5, 0.6) is 11.5 Å². The number of amides is 1. The van der Waals surface area contributed by atoms with Gasteiger partial charge in [-0.15, -0.1) is 11.6 Å². The lowest BCUT2D eigenvalue weighted by Crippen LogP contribution is -2.33. The number of anilines is 2. The zero-order chi connectivity index (χ0) is 28.8. The lowest BCUT2D eigenvalue weighted by Gasteiger charge is -2.36. The van der Waals surface area contributed by atoms with Gasteiger partial charge in [0.25, 0.3) is 5.91 Å². The summed E-state index contributed by atoms with van der Waals surface area (Å²) in [4.78, 5) is 26.2. The molecule has 0 fully saturated rings. The molecule has 0 aromatic heterocycles. The first-order valence-electron chi connectivity index (χ1n) is 13.8. The van der Waals surface area contributed by atoms with Crippen molar-refractivity contribution in [1.29, 1.82) is 0 Å². The Labute approximate surface area is 244 Å². The molecule has 9 nitrogen and oxygen atoms in total. The Balaban J connectivity index is 1.26. The molecule has 0 aliphatic carbocycles. The summed E-state index contributed by atoms with van der Waals surface area (Å²) in [7, 11) is 0. The maximum absolute atomic E-state index is 13.1. The molecule has 3 aromatic carbocycles. The van der Waals surface area contributed by atoms with Gasteiger partial charge in [0.05, 0.1) is 25.4 Å². The zero-order valence-electron chi connectivity index (χ0n) is 22.7. The Morgan fingerprint density at radius 2 is 1.46 bits per heavy atom. The van der Waals surface area contributed by atoms with Crippen molar-refractivity contribution in [2.24, 2.45) is 0 Å². The van der Waals surface area contributed by atoms with E-state index in [0.29, 0.717) is 89.5 Å². The number of hydrogen-bond donors (Lipinski definition) is 3. The van der Waals surface area contributed by atoms with Gasteiger partial charge in [0.2, 0.25) is 0 Å². The van der Waals surface area contributed by atoms with E-state index >= 15 is 0 Å². The van der Waals surface area contributed by atoms with E-state index in [4.69, 9.17) is 42.0 Å². The summed E-state index contributed by atoms with van der Waals surface area (Å²) in [6.07, 6.45) is 4.28. The number of esters is 1. The minimum absolute atomic E-state index is 0.291. The first kappa shape index (κ1) is 28.7. The molecule has 0 saturated heterocycles. The van der Waals surface area contributed by atoms with Crippen molar-refractivity contribution in [3.63, 3.8) is 0 Å². The van der Waals surface area contributed by atoms with Crippen molar-refractivity contribution in [3.05, 3.63) is 82.4 Å². The van der Waals surface area contributed by atoms with Gasteiger partial charge in [0.15, 0.2) is 5.60 Å². The van der Waals surface area contributed by atoms with Gasteiger partial charge in [-0.1, -0.05) is 12.8 Å². The maximum Gasteiger partial charge on any atom is 0.340 e. The van der Waals surface area contributed by atoms with Crippen LogP contribution in [0.2, 0.25) is 0 Å². The average Bonchev–Trinajstić information content (AvgIpc) is 3.25. The molecule has 41 heavy (non-hydrogen) atoms. The van der Waals surface area contributed by atoms with Gasteiger partial charge in [0, 0.05) is 64.8 Å². The molecule has 1 spiro atoms. The van der Waals surface area contributed by atoms with Crippen molar-refractivity contribution >= 4 is 34.9 Å². The van der Waals surface area contributed by atoms with Gasteiger partial charge in [-0.25, -0.2) is 4.79 Å². The number of nitrogens with one attached hydrogen (secondary N) is 1. The van der Waals surface area contributed by atoms with Crippen LogP contribution >= 0.6 is 11.6 Å². The maximum atomic E-state index is 13.1. The van der Waals surface area contributed by atoms with E-state index in [0.717, 1.165) is 25.7 Å². The van der Waals surface area contributed by atoms with E-state index in [-0.39, 0.29) is 5.91 Å².